The van der Waals surface area contributed by atoms with E-state index in [9.17, 15) is 14.9 Å². The summed E-state index contributed by atoms with van der Waals surface area (Å²) < 4.78 is 16.0. The number of carbonyl (C=O) groups excluding carboxylic acids is 1. The first-order valence-electron chi connectivity index (χ1n) is 6.35. The molecule has 21 heavy (non-hydrogen) atoms. The lowest BCUT2D eigenvalue weighted by Crippen LogP contribution is -2.25. The second-order valence-electron chi connectivity index (χ2n) is 4.75. The van der Waals surface area contributed by atoms with Crippen LogP contribution < -0.4 is 0 Å². The number of hydrogen-bond acceptors (Lipinski definition) is 7. The molecule has 2 aliphatic heterocycles. The molecule has 7 nitrogen and oxygen atoms in total. The second-order valence-corrected chi connectivity index (χ2v) is 6.11. The molecule has 1 aromatic rings. The molecule has 0 N–H and O–H groups in total. The van der Waals surface area contributed by atoms with Crippen molar-refractivity contribution in [2.45, 2.75) is 22.9 Å². The van der Waals surface area contributed by atoms with Gasteiger partial charge < -0.3 is 14.2 Å². The van der Waals surface area contributed by atoms with Crippen molar-refractivity contribution < 1.29 is 23.9 Å². The van der Waals surface area contributed by atoms with Crippen molar-refractivity contribution >= 4 is 23.4 Å². The molecule has 0 spiro atoms. The third-order valence-corrected chi connectivity index (χ3v) is 4.86. The minimum Gasteiger partial charge on any atom is -0.459 e. The maximum absolute atomic E-state index is 11.9. The number of non-ortho nitro benzene ring substituents is 1. The number of ether oxygens (including phenoxy) is 3. The normalized spacial score (nSPS) is 29.8. The Morgan fingerprint density at radius 1 is 1.38 bits per heavy atom. The van der Waals surface area contributed by atoms with Crippen LogP contribution in [0.15, 0.2) is 24.3 Å². The fraction of sp³-hybridized carbons (Fsp3) is 0.462. The van der Waals surface area contributed by atoms with Gasteiger partial charge in [0.05, 0.1) is 21.0 Å². The maximum atomic E-state index is 11.9. The lowest BCUT2D eigenvalue weighted by atomic mass is 10.2. The maximum Gasteiger partial charge on any atom is 0.338 e. The molecule has 2 heterocycles. The Labute approximate surface area is 124 Å². The first kappa shape index (κ1) is 14.3. The van der Waals surface area contributed by atoms with Gasteiger partial charge >= 0.3 is 5.97 Å². The number of thioether (sulfide) groups is 1. The van der Waals surface area contributed by atoms with Gasteiger partial charge in [0.1, 0.15) is 12.7 Å². The standard InChI is InChI=1S/C13H13NO6S/c1-18-13-11-10(21-11)9(20-13)6-19-12(15)7-2-4-8(5-3-7)14(16)17/h2-5,9-11,13H,6H2,1H3/t9-,10-,11-,13-/m1/s1. The number of rotatable bonds is 5. The zero-order valence-corrected chi connectivity index (χ0v) is 11.9. The van der Waals surface area contributed by atoms with Gasteiger partial charge in [-0.25, -0.2) is 4.79 Å². The van der Waals surface area contributed by atoms with E-state index in [2.05, 4.69) is 0 Å². The number of nitro benzene ring substituents is 1. The summed E-state index contributed by atoms with van der Waals surface area (Å²) in [4.78, 5) is 21.9. The molecule has 0 aliphatic carbocycles. The number of fused-ring (bicyclic) bond motifs is 1. The first-order valence-corrected chi connectivity index (χ1v) is 7.29. The predicted molar refractivity (Wildman–Crippen MR) is 74.2 cm³/mol. The van der Waals surface area contributed by atoms with Crippen molar-refractivity contribution in [1.29, 1.82) is 0 Å². The Kier molecular flexibility index (Phi) is 3.83. The molecular formula is C13H13NO6S. The van der Waals surface area contributed by atoms with Crippen molar-refractivity contribution in [1.82, 2.24) is 0 Å². The fourth-order valence-corrected chi connectivity index (χ4v) is 3.46. The van der Waals surface area contributed by atoms with E-state index in [1.807, 2.05) is 0 Å². The van der Waals surface area contributed by atoms with E-state index in [-0.39, 0.29) is 30.3 Å². The van der Waals surface area contributed by atoms with Crippen molar-refractivity contribution in [2.24, 2.45) is 0 Å². The van der Waals surface area contributed by atoms with Gasteiger partial charge in [0.25, 0.3) is 5.69 Å². The van der Waals surface area contributed by atoms with Crippen LogP contribution in [-0.4, -0.2) is 47.5 Å². The quantitative estimate of drug-likeness (QED) is 0.353. The Bertz CT molecular complexity index is 562. The van der Waals surface area contributed by atoms with Crippen LogP contribution in [0.1, 0.15) is 10.4 Å². The lowest BCUT2D eigenvalue weighted by Gasteiger charge is -2.16. The van der Waals surface area contributed by atoms with Crippen molar-refractivity contribution in [3.05, 3.63) is 39.9 Å². The highest BCUT2D eigenvalue weighted by Gasteiger charge is 2.57. The molecule has 3 rings (SSSR count). The Morgan fingerprint density at radius 3 is 2.67 bits per heavy atom. The second kappa shape index (κ2) is 5.63. The fourth-order valence-electron chi connectivity index (χ4n) is 2.27. The van der Waals surface area contributed by atoms with Crippen LogP contribution in [0, 0.1) is 10.1 Å². The van der Waals surface area contributed by atoms with E-state index < -0.39 is 10.9 Å². The zero-order valence-electron chi connectivity index (χ0n) is 11.1. The van der Waals surface area contributed by atoms with E-state index >= 15 is 0 Å². The summed E-state index contributed by atoms with van der Waals surface area (Å²) >= 11 is 1.76. The van der Waals surface area contributed by atoms with E-state index in [4.69, 9.17) is 14.2 Å². The first-order chi connectivity index (χ1) is 10.1. The molecule has 0 saturated carbocycles. The predicted octanol–water partition coefficient (Wildman–Crippen LogP) is 1.61. The van der Waals surface area contributed by atoms with E-state index in [1.54, 1.807) is 18.9 Å². The van der Waals surface area contributed by atoms with Crippen LogP contribution in [0.3, 0.4) is 0 Å². The molecule has 1 aromatic carbocycles. The van der Waals surface area contributed by atoms with Crippen LogP contribution in [0.4, 0.5) is 5.69 Å². The number of methoxy groups -OCH3 is 1. The molecule has 2 fully saturated rings. The number of benzene rings is 1. The summed E-state index contributed by atoms with van der Waals surface area (Å²) in [7, 11) is 1.59. The van der Waals surface area contributed by atoms with Crippen LogP contribution in [-0.2, 0) is 14.2 Å². The van der Waals surface area contributed by atoms with Gasteiger partial charge in [-0.3, -0.25) is 10.1 Å². The third-order valence-electron chi connectivity index (χ3n) is 3.43. The summed E-state index contributed by atoms with van der Waals surface area (Å²) in [5.74, 6) is -0.517. The van der Waals surface area contributed by atoms with Gasteiger partial charge in [-0.15, -0.1) is 11.8 Å². The van der Waals surface area contributed by atoms with E-state index in [0.29, 0.717) is 10.5 Å². The highest BCUT2D eigenvalue weighted by molar-refractivity contribution is 8.07. The van der Waals surface area contributed by atoms with Gasteiger partial charge in [-0.1, -0.05) is 0 Å². The molecule has 4 atom stereocenters. The highest BCUT2D eigenvalue weighted by Crippen LogP contribution is 2.53. The summed E-state index contributed by atoms with van der Waals surface area (Å²) in [5.41, 5.74) is 0.215. The molecule has 0 aromatic heterocycles. The summed E-state index contributed by atoms with van der Waals surface area (Å²) in [6, 6.07) is 5.30. The van der Waals surface area contributed by atoms with Crippen LogP contribution in [0.25, 0.3) is 0 Å². The third kappa shape index (κ3) is 2.87. The average molecular weight is 311 g/mol. The number of nitrogens with zero attached hydrogens (tertiary/aromatic N) is 1. The minimum atomic E-state index is -0.517. The lowest BCUT2D eigenvalue weighted by molar-refractivity contribution is -0.384. The van der Waals surface area contributed by atoms with E-state index in [1.165, 1.54) is 24.3 Å². The monoisotopic (exact) mass is 311 g/mol. The van der Waals surface area contributed by atoms with E-state index in [0.717, 1.165) is 0 Å². The molecule has 8 heteroatoms. The average Bonchev–Trinajstić information content (AvgIpc) is 3.21. The van der Waals surface area contributed by atoms with Crippen molar-refractivity contribution in [3.8, 4) is 0 Å². The van der Waals surface area contributed by atoms with Gasteiger partial charge in [0.2, 0.25) is 0 Å². The van der Waals surface area contributed by atoms with Crippen LogP contribution in [0.5, 0.6) is 0 Å². The Hall–Kier alpha value is -1.64. The van der Waals surface area contributed by atoms with Crippen molar-refractivity contribution in [3.63, 3.8) is 0 Å². The largest absolute Gasteiger partial charge is 0.459 e. The van der Waals surface area contributed by atoms with Crippen molar-refractivity contribution in [2.75, 3.05) is 13.7 Å². The minimum absolute atomic E-state index is 0.0640. The van der Waals surface area contributed by atoms with Gasteiger partial charge in [-0.05, 0) is 12.1 Å². The topological polar surface area (TPSA) is 87.9 Å². The zero-order chi connectivity index (χ0) is 15.0. The number of hydrogen-bond donors (Lipinski definition) is 0. The van der Waals surface area contributed by atoms with Gasteiger partial charge in [0.15, 0.2) is 6.29 Å². The Balaban J connectivity index is 1.54. The number of nitro groups is 1. The van der Waals surface area contributed by atoms with Crippen LogP contribution >= 0.6 is 11.8 Å². The molecule has 2 aliphatic rings. The molecule has 0 bridgehead atoms. The highest BCUT2D eigenvalue weighted by atomic mass is 32.2. The summed E-state index contributed by atoms with van der Waals surface area (Å²) in [5, 5.41) is 11.2. The summed E-state index contributed by atoms with van der Waals surface area (Å²) in [6.07, 6.45) is -0.393. The number of carbonyl (C=O) groups is 1. The smallest absolute Gasteiger partial charge is 0.338 e. The van der Waals surface area contributed by atoms with Crippen LogP contribution in [0.2, 0.25) is 0 Å². The van der Waals surface area contributed by atoms with Gasteiger partial charge in [0, 0.05) is 19.2 Å². The molecule has 0 unspecified atom stereocenters. The Morgan fingerprint density at radius 2 is 2.10 bits per heavy atom. The molecule has 112 valence electrons. The molecule has 0 amide bonds. The molecular weight excluding hydrogens is 298 g/mol. The molecule has 2 saturated heterocycles. The SMILES string of the molecule is CO[C@@H]1O[C@H](COC(=O)c2ccc([N+](=O)[O-])cc2)[C@H]2S[C@@H]12. The van der Waals surface area contributed by atoms with Gasteiger partial charge in [-0.2, -0.15) is 0 Å². The number of esters is 1. The molecule has 0 radical (unpaired) electrons. The summed E-state index contributed by atoms with van der Waals surface area (Å²) in [6.45, 7) is 0.157.